The number of nitrogens with two attached hydrogens (primary N) is 1. The van der Waals surface area contributed by atoms with E-state index in [-0.39, 0.29) is 0 Å². The van der Waals surface area contributed by atoms with Crippen LogP contribution in [0.4, 0.5) is 10.3 Å². The van der Waals surface area contributed by atoms with Gasteiger partial charge in [0, 0.05) is 13.1 Å². The molecule has 5 heteroatoms. The second kappa shape index (κ2) is 5.40. The third kappa shape index (κ3) is 2.93. The van der Waals surface area contributed by atoms with Crippen LogP contribution in [0.2, 0.25) is 0 Å². The molecule has 0 saturated carbocycles. The summed E-state index contributed by atoms with van der Waals surface area (Å²) in [5.41, 5.74) is 8.40. The lowest BCUT2D eigenvalue weighted by Crippen LogP contribution is -2.30. The molecule has 1 fully saturated rings. The Morgan fingerprint density at radius 1 is 1.11 bits per heavy atom. The first-order valence-electron chi connectivity index (χ1n) is 6.40. The molecular weight excluding hydrogens is 256 g/mol. The van der Waals surface area contributed by atoms with Crippen molar-refractivity contribution in [2.75, 3.05) is 23.7 Å². The fraction of sp³-hybridized carbons (Fsp3) is 0.286. The largest absolute Gasteiger partial charge is 0.374 e. The van der Waals surface area contributed by atoms with Crippen molar-refractivity contribution in [1.82, 2.24) is 10.2 Å². The van der Waals surface area contributed by atoms with Crippen LogP contribution >= 0.6 is 11.3 Å². The minimum absolute atomic E-state index is 0.542. The van der Waals surface area contributed by atoms with Crippen LogP contribution in [-0.4, -0.2) is 23.3 Å². The van der Waals surface area contributed by atoms with E-state index in [1.165, 1.54) is 22.5 Å². The van der Waals surface area contributed by atoms with Gasteiger partial charge in [-0.05, 0) is 18.4 Å². The van der Waals surface area contributed by atoms with Gasteiger partial charge in [-0.1, -0.05) is 53.3 Å². The normalized spacial score (nSPS) is 15.6. The van der Waals surface area contributed by atoms with Crippen molar-refractivity contribution in [2.24, 2.45) is 0 Å². The van der Waals surface area contributed by atoms with Crippen molar-refractivity contribution in [1.29, 1.82) is 0 Å². The van der Waals surface area contributed by atoms with Crippen molar-refractivity contribution >= 4 is 27.7 Å². The first-order valence-corrected chi connectivity index (χ1v) is 7.21. The molecule has 1 aromatic carbocycles. The highest BCUT2D eigenvalue weighted by Gasteiger charge is 2.17. The number of anilines is 2. The lowest BCUT2D eigenvalue weighted by atomic mass is 10.0. The lowest BCUT2D eigenvalue weighted by molar-refractivity contribution is 0.684. The monoisotopic (exact) mass is 272 g/mol. The van der Waals surface area contributed by atoms with Crippen LogP contribution in [0.5, 0.6) is 0 Å². The summed E-state index contributed by atoms with van der Waals surface area (Å²) >= 11 is 1.46. The van der Waals surface area contributed by atoms with Gasteiger partial charge in [-0.2, -0.15) is 0 Å². The number of nitrogen functional groups attached to an aromatic ring is 1. The Bertz CT molecular complexity index is 566. The zero-order chi connectivity index (χ0) is 13.1. The molecule has 1 saturated heterocycles. The van der Waals surface area contributed by atoms with E-state index in [1.54, 1.807) is 0 Å². The SMILES string of the molecule is Nc1nnc(N2CCC(=Cc3ccccc3)CC2)s1. The second-order valence-corrected chi connectivity index (χ2v) is 5.61. The number of benzene rings is 1. The summed E-state index contributed by atoms with van der Waals surface area (Å²) in [4.78, 5) is 2.26. The van der Waals surface area contributed by atoms with Gasteiger partial charge >= 0.3 is 0 Å². The van der Waals surface area contributed by atoms with Gasteiger partial charge in [0.25, 0.3) is 0 Å². The van der Waals surface area contributed by atoms with Gasteiger partial charge in [0.05, 0.1) is 0 Å². The van der Waals surface area contributed by atoms with E-state index < -0.39 is 0 Å². The maximum absolute atomic E-state index is 5.62. The average Bonchev–Trinajstić information content (AvgIpc) is 2.87. The molecule has 0 radical (unpaired) electrons. The highest BCUT2D eigenvalue weighted by molar-refractivity contribution is 7.18. The Balaban J connectivity index is 1.65. The minimum Gasteiger partial charge on any atom is -0.374 e. The zero-order valence-electron chi connectivity index (χ0n) is 10.6. The van der Waals surface area contributed by atoms with Gasteiger partial charge in [0.2, 0.25) is 10.3 Å². The third-order valence-corrected chi connectivity index (χ3v) is 4.09. The number of nitrogens with zero attached hydrogens (tertiary/aromatic N) is 3. The third-order valence-electron chi connectivity index (χ3n) is 3.28. The molecule has 2 N–H and O–H groups in total. The molecule has 0 unspecified atom stereocenters. The van der Waals surface area contributed by atoms with Crippen LogP contribution in [0.1, 0.15) is 18.4 Å². The Labute approximate surface area is 116 Å². The summed E-state index contributed by atoms with van der Waals surface area (Å²) in [7, 11) is 0. The molecule has 1 aliphatic rings. The zero-order valence-corrected chi connectivity index (χ0v) is 11.4. The van der Waals surface area contributed by atoms with Gasteiger partial charge < -0.3 is 10.6 Å². The first kappa shape index (κ1) is 12.2. The van der Waals surface area contributed by atoms with Crippen molar-refractivity contribution in [2.45, 2.75) is 12.8 Å². The molecule has 4 nitrogen and oxygen atoms in total. The summed E-state index contributed by atoms with van der Waals surface area (Å²) in [5.74, 6) is 0. The Hall–Kier alpha value is -1.88. The van der Waals surface area contributed by atoms with E-state index >= 15 is 0 Å². The fourth-order valence-corrected chi connectivity index (χ4v) is 2.93. The minimum atomic E-state index is 0.542. The van der Waals surface area contributed by atoms with Gasteiger partial charge in [0.1, 0.15) is 0 Å². The van der Waals surface area contributed by atoms with E-state index in [0.29, 0.717) is 5.13 Å². The molecule has 98 valence electrons. The Morgan fingerprint density at radius 3 is 2.47 bits per heavy atom. The number of hydrogen-bond acceptors (Lipinski definition) is 5. The molecule has 1 aromatic heterocycles. The first-order chi connectivity index (χ1) is 9.31. The highest BCUT2D eigenvalue weighted by Crippen LogP contribution is 2.27. The van der Waals surface area contributed by atoms with Gasteiger partial charge in [-0.15, -0.1) is 10.2 Å². The van der Waals surface area contributed by atoms with Gasteiger partial charge in [-0.25, -0.2) is 0 Å². The number of piperidine rings is 1. The van der Waals surface area contributed by atoms with Crippen LogP contribution in [0, 0.1) is 0 Å². The van der Waals surface area contributed by atoms with Crippen molar-refractivity contribution in [3.05, 3.63) is 41.5 Å². The van der Waals surface area contributed by atoms with Crippen LogP contribution in [0.3, 0.4) is 0 Å². The Morgan fingerprint density at radius 2 is 1.84 bits per heavy atom. The molecule has 1 aliphatic heterocycles. The molecule has 3 rings (SSSR count). The summed E-state index contributed by atoms with van der Waals surface area (Å²) in [5, 5.41) is 9.45. The lowest BCUT2D eigenvalue weighted by Gasteiger charge is -2.27. The smallest absolute Gasteiger partial charge is 0.210 e. The summed E-state index contributed by atoms with van der Waals surface area (Å²) in [6, 6.07) is 10.5. The molecule has 0 spiro atoms. The quantitative estimate of drug-likeness (QED) is 0.913. The van der Waals surface area contributed by atoms with Crippen LogP contribution in [0.25, 0.3) is 6.08 Å². The summed E-state index contributed by atoms with van der Waals surface area (Å²) < 4.78 is 0. The van der Waals surface area contributed by atoms with Crippen molar-refractivity contribution in [3.8, 4) is 0 Å². The number of rotatable bonds is 2. The molecule has 0 aliphatic carbocycles. The van der Waals surface area contributed by atoms with E-state index in [1.807, 2.05) is 6.07 Å². The van der Waals surface area contributed by atoms with E-state index in [4.69, 9.17) is 5.73 Å². The Kier molecular flexibility index (Phi) is 3.46. The fourth-order valence-electron chi connectivity index (χ4n) is 2.27. The predicted molar refractivity (Wildman–Crippen MR) is 80.2 cm³/mol. The molecule has 2 aromatic rings. The van der Waals surface area contributed by atoms with Gasteiger partial charge in [-0.3, -0.25) is 0 Å². The predicted octanol–water partition coefficient (Wildman–Crippen LogP) is 2.80. The highest BCUT2D eigenvalue weighted by atomic mass is 32.1. The molecule has 0 bridgehead atoms. The number of aromatic nitrogens is 2. The average molecular weight is 272 g/mol. The summed E-state index contributed by atoms with van der Waals surface area (Å²) in [6.45, 7) is 1.99. The molecule has 0 atom stereocenters. The standard InChI is InChI=1S/C14H16N4S/c15-13-16-17-14(19-13)18-8-6-12(7-9-18)10-11-4-2-1-3-5-11/h1-5,10H,6-9H2,(H2,15,16). The number of hydrogen-bond donors (Lipinski definition) is 1. The van der Waals surface area contributed by atoms with E-state index in [9.17, 15) is 0 Å². The van der Waals surface area contributed by atoms with E-state index in [2.05, 4.69) is 45.4 Å². The topological polar surface area (TPSA) is 55.0 Å². The van der Waals surface area contributed by atoms with Gasteiger partial charge in [0.15, 0.2) is 0 Å². The van der Waals surface area contributed by atoms with Crippen LogP contribution in [0.15, 0.2) is 35.9 Å². The molecule has 2 heterocycles. The summed E-state index contributed by atoms with van der Waals surface area (Å²) in [6.07, 6.45) is 4.45. The molecule has 0 amide bonds. The van der Waals surface area contributed by atoms with E-state index in [0.717, 1.165) is 31.1 Å². The maximum Gasteiger partial charge on any atom is 0.210 e. The molecular formula is C14H16N4S. The maximum atomic E-state index is 5.62. The van der Waals surface area contributed by atoms with Crippen LogP contribution in [-0.2, 0) is 0 Å². The van der Waals surface area contributed by atoms with Crippen molar-refractivity contribution < 1.29 is 0 Å². The van der Waals surface area contributed by atoms with Crippen molar-refractivity contribution in [3.63, 3.8) is 0 Å². The van der Waals surface area contributed by atoms with Crippen LogP contribution < -0.4 is 10.6 Å². The second-order valence-electron chi connectivity index (χ2n) is 4.62. The molecule has 19 heavy (non-hydrogen) atoms.